The van der Waals surface area contributed by atoms with Gasteiger partial charge < -0.3 is 15.5 Å². The minimum atomic E-state index is -0.863. The van der Waals surface area contributed by atoms with Gasteiger partial charge in [0.1, 0.15) is 0 Å². The molecule has 0 heterocycles. The maximum Gasteiger partial charge on any atom is 0.220 e. The molecule has 0 rings (SSSR count). The molecule has 0 aromatic heterocycles. The lowest BCUT2D eigenvalue weighted by Gasteiger charge is -2.19. The number of amides is 1. The Balaban J connectivity index is 3.60. The standard InChI is InChI=1S/C47H89NO3/c1-3-5-7-9-11-13-15-17-19-21-22-23-24-25-27-28-30-32-34-36-38-40-42-46(50)45(44-49)48-47(51)43-41-39-37-35-33-31-29-26-20-18-16-14-12-10-8-6-4-2/h18,20,32,34,40,42,45-46,49-50H,3-17,19,21-31,33,35-39,41,43-44H2,1-2H3,(H,48,51)/b20-18-,34-32+,42-40+. The van der Waals surface area contributed by atoms with Gasteiger partial charge in [0.2, 0.25) is 5.91 Å². The third-order valence-electron chi connectivity index (χ3n) is 10.3. The molecule has 4 nitrogen and oxygen atoms in total. The minimum absolute atomic E-state index is 0.0775. The van der Waals surface area contributed by atoms with E-state index in [4.69, 9.17) is 0 Å². The minimum Gasteiger partial charge on any atom is -0.394 e. The monoisotopic (exact) mass is 716 g/mol. The second-order valence-corrected chi connectivity index (χ2v) is 15.5. The fourth-order valence-corrected chi connectivity index (χ4v) is 6.84. The largest absolute Gasteiger partial charge is 0.394 e. The number of aliphatic hydroxyl groups is 2. The van der Waals surface area contributed by atoms with E-state index in [9.17, 15) is 15.0 Å². The number of unbranched alkanes of at least 4 members (excludes halogenated alkanes) is 30. The van der Waals surface area contributed by atoms with Crippen molar-refractivity contribution in [2.24, 2.45) is 0 Å². The van der Waals surface area contributed by atoms with Gasteiger partial charge >= 0.3 is 0 Å². The molecule has 0 aliphatic rings. The van der Waals surface area contributed by atoms with E-state index in [0.29, 0.717) is 6.42 Å². The third-order valence-corrected chi connectivity index (χ3v) is 10.3. The van der Waals surface area contributed by atoms with Crippen LogP contribution >= 0.6 is 0 Å². The third kappa shape index (κ3) is 39.6. The van der Waals surface area contributed by atoms with Crippen molar-refractivity contribution in [2.45, 2.75) is 251 Å². The molecule has 0 aromatic rings. The van der Waals surface area contributed by atoms with Crippen molar-refractivity contribution in [1.29, 1.82) is 0 Å². The van der Waals surface area contributed by atoms with E-state index in [-0.39, 0.29) is 12.5 Å². The molecule has 0 saturated carbocycles. The fourth-order valence-electron chi connectivity index (χ4n) is 6.84. The molecular weight excluding hydrogens is 627 g/mol. The van der Waals surface area contributed by atoms with Crippen LogP contribution in [0.4, 0.5) is 0 Å². The zero-order valence-corrected chi connectivity index (χ0v) is 34.4. The van der Waals surface area contributed by atoms with E-state index in [1.165, 1.54) is 186 Å². The van der Waals surface area contributed by atoms with Crippen LogP contribution in [0.25, 0.3) is 0 Å². The predicted molar refractivity (Wildman–Crippen MR) is 225 cm³/mol. The van der Waals surface area contributed by atoms with Crippen LogP contribution in [-0.2, 0) is 4.79 Å². The highest BCUT2D eigenvalue weighted by atomic mass is 16.3. The average Bonchev–Trinajstić information content (AvgIpc) is 3.13. The Kier molecular flexibility index (Phi) is 41.8. The zero-order valence-electron chi connectivity index (χ0n) is 34.4. The highest BCUT2D eigenvalue weighted by Crippen LogP contribution is 2.15. The van der Waals surface area contributed by atoms with E-state index < -0.39 is 12.1 Å². The molecule has 1 amide bonds. The van der Waals surface area contributed by atoms with Gasteiger partial charge in [-0.05, 0) is 57.8 Å². The molecule has 2 unspecified atom stereocenters. The van der Waals surface area contributed by atoms with Crippen molar-refractivity contribution >= 4 is 5.91 Å². The Bertz CT molecular complexity index is 775. The van der Waals surface area contributed by atoms with Crippen LogP contribution in [0.3, 0.4) is 0 Å². The van der Waals surface area contributed by atoms with Gasteiger partial charge in [0.05, 0.1) is 18.8 Å². The molecule has 0 radical (unpaired) electrons. The van der Waals surface area contributed by atoms with E-state index in [0.717, 1.165) is 32.1 Å². The number of carbonyl (C=O) groups is 1. The van der Waals surface area contributed by atoms with E-state index in [1.54, 1.807) is 6.08 Å². The first-order chi connectivity index (χ1) is 25.2. The van der Waals surface area contributed by atoms with Gasteiger partial charge in [-0.3, -0.25) is 4.79 Å². The van der Waals surface area contributed by atoms with Gasteiger partial charge in [-0.15, -0.1) is 0 Å². The van der Waals surface area contributed by atoms with Crippen molar-refractivity contribution in [3.63, 3.8) is 0 Å². The average molecular weight is 716 g/mol. The van der Waals surface area contributed by atoms with E-state index in [1.807, 2.05) is 6.08 Å². The molecule has 0 aliphatic carbocycles. The molecule has 300 valence electrons. The van der Waals surface area contributed by atoms with Crippen molar-refractivity contribution in [1.82, 2.24) is 5.32 Å². The molecule has 0 fully saturated rings. The summed E-state index contributed by atoms with van der Waals surface area (Å²) in [4.78, 5) is 12.4. The van der Waals surface area contributed by atoms with Gasteiger partial charge in [-0.2, -0.15) is 0 Å². The van der Waals surface area contributed by atoms with Gasteiger partial charge in [0.15, 0.2) is 0 Å². The maximum absolute atomic E-state index is 12.4. The second-order valence-electron chi connectivity index (χ2n) is 15.5. The lowest BCUT2D eigenvalue weighted by Crippen LogP contribution is -2.45. The molecule has 3 N–H and O–H groups in total. The molecule has 0 aromatic carbocycles. The van der Waals surface area contributed by atoms with Crippen LogP contribution in [0.15, 0.2) is 36.5 Å². The number of hydrogen-bond donors (Lipinski definition) is 3. The Morgan fingerprint density at radius 1 is 0.451 bits per heavy atom. The first kappa shape index (κ1) is 49.6. The Hall–Kier alpha value is -1.39. The van der Waals surface area contributed by atoms with Crippen LogP contribution in [0.2, 0.25) is 0 Å². The molecule has 0 spiro atoms. The summed E-state index contributed by atoms with van der Waals surface area (Å²) in [5.74, 6) is -0.0775. The highest BCUT2D eigenvalue weighted by molar-refractivity contribution is 5.76. The highest BCUT2D eigenvalue weighted by Gasteiger charge is 2.17. The molecule has 0 saturated heterocycles. The van der Waals surface area contributed by atoms with Gasteiger partial charge in [-0.25, -0.2) is 0 Å². The Morgan fingerprint density at radius 2 is 0.765 bits per heavy atom. The summed E-state index contributed by atoms with van der Waals surface area (Å²) in [5, 5.41) is 23.0. The van der Waals surface area contributed by atoms with Crippen molar-refractivity contribution in [2.75, 3.05) is 6.61 Å². The predicted octanol–water partition coefficient (Wildman–Crippen LogP) is 14.2. The lowest BCUT2D eigenvalue weighted by molar-refractivity contribution is -0.123. The number of rotatable bonds is 41. The molecule has 0 aliphatic heterocycles. The van der Waals surface area contributed by atoms with Crippen LogP contribution in [0.5, 0.6) is 0 Å². The van der Waals surface area contributed by atoms with Crippen LogP contribution in [0, 0.1) is 0 Å². The van der Waals surface area contributed by atoms with Crippen LogP contribution in [-0.4, -0.2) is 34.9 Å². The SMILES string of the molecule is CCCCCCCC/C=C\CCCCCCCCCC(=O)NC(CO)C(O)/C=C/CC/C=C/CCCCCCCCCCCCCCCCCC. The van der Waals surface area contributed by atoms with Crippen LogP contribution in [0.1, 0.15) is 239 Å². The number of aliphatic hydroxyl groups excluding tert-OH is 2. The smallest absolute Gasteiger partial charge is 0.220 e. The quantitative estimate of drug-likeness (QED) is 0.0436. The van der Waals surface area contributed by atoms with Gasteiger partial charge in [0, 0.05) is 6.42 Å². The first-order valence-electron chi connectivity index (χ1n) is 22.7. The molecule has 2 atom stereocenters. The molecule has 4 heteroatoms. The summed E-state index contributed by atoms with van der Waals surface area (Å²) in [6.45, 7) is 4.30. The molecular formula is C47H89NO3. The second kappa shape index (κ2) is 43.0. The summed E-state index contributed by atoms with van der Waals surface area (Å²) in [7, 11) is 0. The maximum atomic E-state index is 12.4. The molecule has 0 bridgehead atoms. The summed E-state index contributed by atoms with van der Waals surface area (Å²) >= 11 is 0. The van der Waals surface area contributed by atoms with E-state index >= 15 is 0 Å². The van der Waals surface area contributed by atoms with Crippen molar-refractivity contribution in [3.8, 4) is 0 Å². The van der Waals surface area contributed by atoms with Crippen molar-refractivity contribution < 1.29 is 15.0 Å². The normalized spacial score (nSPS) is 13.3. The summed E-state index contributed by atoms with van der Waals surface area (Å²) in [6, 6.07) is -0.640. The first-order valence-corrected chi connectivity index (χ1v) is 22.7. The topological polar surface area (TPSA) is 69.6 Å². The van der Waals surface area contributed by atoms with Gasteiger partial charge in [-0.1, -0.05) is 211 Å². The zero-order chi connectivity index (χ0) is 37.1. The van der Waals surface area contributed by atoms with Crippen molar-refractivity contribution in [3.05, 3.63) is 36.5 Å². The van der Waals surface area contributed by atoms with Crippen LogP contribution < -0.4 is 5.32 Å². The number of allylic oxidation sites excluding steroid dienone is 5. The Labute approximate surface area is 319 Å². The summed E-state index contributed by atoms with van der Waals surface area (Å²) in [6.07, 6.45) is 56.9. The lowest BCUT2D eigenvalue weighted by atomic mass is 10.0. The van der Waals surface area contributed by atoms with Gasteiger partial charge in [0.25, 0.3) is 0 Å². The Morgan fingerprint density at radius 3 is 1.14 bits per heavy atom. The number of nitrogens with one attached hydrogen (secondary N) is 1. The summed E-state index contributed by atoms with van der Waals surface area (Å²) < 4.78 is 0. The summed E-state index contributed by atoms with van der Waals surface area (Å²) in [5.41, 5.74) is 0. The fraction of sp³-hybridized carbons (Fsp3) is 0.851. The van der Waals surface area contributed by atoms with E-state index in [2.05, 4.69) is 43.5 Å². The number of carbonyl (C=O) groups excluding carboxylic acids is 1. The molecule has 51 heavy (non-hydrogen) atoms. The number of hydrogen-bond acceptors (Lipinski definition) is 3.